The van der Waals surface area contributed by atoms with Crippen molar-refractivity contribution < 1.29 is 23.8 Å². The molecule has 0 amide bonds. The second-order valence-electron chi connectivity index (χ2n) is 11.0. The molecule has 0 radical (unpaired) electrons. The lowest BCUT2D eigenvalue weighted by Gasteiger charge is -2.20. The number of carbonyl (C=O) groups excluding carboxylic acids is 2. The standard InChI is InChI=1S/C29H38N6O5S2Si/c1-7-40-25(36)13-10-14-34(28-30-21(18-41-28)27(37)38-3)24-17-20(2)26(33-32-24)31-29-35(19-39-15-16-43(4,5)6)22-11-8-9-12-23(22)42-29/h8-9,11-12,17-18H,7,10,13-16,19H2,1-6H3. The molecule has 0 aliphatic rings. The van der Waals surface area contributed by atoms with Crippen LogP contribution in [-0.4, -0.2) is 66.6 Å². The van der Waals surface area contributed by atoms with E-state index in [1.54, 1.807) is 23.6 Å². The number of esters is 2. The highest BCUT2D eigenvalue weighted by atomic mass is 32.1. The van der Waals surface area contributed by atoms with Crippen molar-refractivity contribution in [1.82, 2.24) is 19.7 Å². The summed E-state index contributed by atoms with van der Waals surface area (Å²) in [6.45, 7) is 12.6. The maximum atomic E-state index is 12.0. The van der Waals surface area contributed by atoms with Crippen LogP contribution in [0.5, 0.6) is 0 Å². The van der Waals surface area contributed by atoms with Crippen LogP contribution in [0.4, 0.5) is 16.8 Å². The van der Waals surface area contributed by atoms with Crippen LogP contribution in [0.15, 0.2) is 40.7 Å². The molecule has 0 unspecified atom stereocenters. The number of anilines is 2. The third kappa shape index (κ3) is 8.78. The number of aromatic nitrogens is 4. The number of benzene rings is 1. The van der Waals surface area contributed by atoms with Gasteiger partial charge in [0.15, 0.2) is 27.3 Å². The zero-order valence-electron chi connectivity index (χ0n) is 25.5. The van der Waals surface area contributed by atoms with Crippen LogP contribution in [0.25, 0.3) is 10.2 Å². The monoisotopic (exact) mass is 642 g/mol. The number of rotatable bonds is 14. The fourth-order valence-corrected chi connectivity index (χ4v) is 6.68. The molecule has 14 heteroatoms. The van der Waals surface area contributed by atoms with E-state index >= 15 is 0 Å². The first-order chi connectivity index (χ1) is 20.6. The molecule has 0 saturated carbocycles. The van der Waals surface area contributed by atoms with Crippen LogP contribution >= 0.6 is 22.7 Å². The Morgan fingerprint density at radius 3 is 2.67 bits per heavy atom. The minimum atomic E-state index is -1.21. The van der Waals surface area contributed by atoms with Gasteiger partial charge >= 0.3 is 11.9 Å². The molecule has 4 rings (SSSR count). The largest absolute Gasteiger partial charge is 0.466 e. The number of fused-ring (bicyclic) bond motifs is 1. The summed E-state index contributed by atoms with van der Waals surface area (Å²) in [5.41, 5.74) is 2.07. The number of aryl methyl sites for hydroxylation is 1. The lowest BCUT2D eigenvalue weighted by atomic mass is 10.2. The highest BCUT2D eigenvalue weighted by Crippen LogP contribution is 2.30. The number of hydrogen-bond donors (Lipinski definition) is 0. The third-order valence-electron chi connectivity index (χ3n) is 6.41. The molecule has 0 N–H and O–H groups in total. The SMILES string of the molecule is CCOC(=O)CCCN(c1cc(C)c(N=c2sc3ccccc3n2COCC[Si](C)(C)C)nn1)c1nc(C(=O)OC)cs1. The molecule has 230 valence electrons. The number of para-hydroxylation sites is 1. The summed E-state index contributed by atoms with van der Waals surface area (Å²) in [6, 6.07) is 11.1. The Kier molecular flexibility index (Phi) is 11.2. The van der Waals surface area contributed by atoms with Crippen molar-refractivity contribution >= 4 is 69.7 Å². The highest BCUT2D eigenvalue weighted by Gasteiger charge is 2.20. The second kappa shape index (κ2) is 14.8. The summed E-state index contributed by atoms with van der Waals surface area (Å²) in [5.74, 6) is 0.234. The van der Waals surface area contributed by atoms with Gasteiger partial charge in [0.2, 0.25) is 0 Å². The predicted molar refractivity (Wildman–Crippen MR) is 172 cm³/mol. The lowest BCUT2D eigenvalue weighted by molar-refractivity contribution is -0.143. The first-order valence-electron chi connectivity index (χ1n) is 14.1. The number of nitrogens with zero attached hydrogens (tertiary/aromatic N) is 6. The van der Waals surface area contributed by atoms with E-state index in [0.717, 1.165) is 26.6 Å². The molecule has 0 aliphatic heterocycles. The van der Waals surface area contributed by atoms with Crippen molar-refractivity contribution in [3.63, 3.8) is 0 Å². The van der Waals surface area contributed by atoms with Gasteiger partial charge in [-0.25, -0.2) is 9.78 Å². The van der Waals surface area contributed by atoms with Gasteiger partial charge in [0.25, 0.3) is 0 Å². The molecule has 0 saturated heterocycles. The van der Waals surface area contributed by atoms with Crippen molar-refractivity contribution in [2.24, 2.45) is 4.99 Å². The lowest BCUT2D eigenvalue weighted by Crippen LogP contribution is -2.23. The first-order valence-corrected chi connectivity index (χ1v) is 19.5. The number of hydrogen-bond acceptors (Lipinski definition) is 12. The fraction of sp³-hybridized carbons (Fsp3) is 0.448. The minimum Gasteiger partial charge on any atom is -0.466 e. The van der Waals surface area contributed by atoms with Crippen molar-refractivity contribution in [2.75, 3.05) is 31.8 Å². The molecule has 11 nitrogen and oxygen atoms in total. The van der Waals surface area contributed by atoms with E-state index in [2.05, 4.69) is 51.5 Å². The maximum absolute atomic E-state index is 12.0. The fourth-order valence-electron chi connectivity index (χ4n) is 4.07. The Bertz CT molecular complexity index is 1630. The minimum absolute atomic E-state index is 0.204. The molecule has 1 aromatic carbocycles. The molecule has 43 heavy (non-hydrogen) atoms. The normalized spacial score (nSPS) is 12.1. The van der Waals surface area contributed by atoms with Crippen LogP contribution < -0.4 is 9.70 Å². The highest BCUT2D eigenvalue weighted by molar-refractivity contribution is 7.16. The van der Waals surface area contributed by atoms with Crippen LogP contribution in [0, 0.1) is 6.92 Å². The molecular weight excluding hydrogens is 605 g/mol. The molecule has 4 aromatic rings. The Morgan fingerprint density at radius 1 is 1.16 bits per heavy atom. The molecule has 0 fully saturated rings. The summed E-state index contributed by atoms with van der Waals surface area (Å²) < 4.78 is 19.2. The second-order valence-corrected chi connectivity index (χ2v) is 18.5. The van der Waals surface area contributed by atoms with E-state index in [4.69, 9.17) is 19.2 Å². The van der Waals surface area contributed by atoms with Gasteiger partial charge < -0.3 is 19.1 Å². The van der Waals surface area contributed by atoms with E-state index in [1.807, 2.05) is 30.0 Å². The van der Waals surface area contributed by atoms with Gasteiger partial charge in [-0.1, -0.05) is 43.1 Å². The smallest absolute Gasteiger partial charge is 0.357 e. The average Bonchev–Trinajstić information content (AvgIpc) is 3.59. The van der Waals surface area contributed by atoms with Gasteiger partial charge in [0.1, 0.15) is 6.73 Å². The summed E-state index contributed by atoms with van der Waals surface area (Å²) in [6.07, 6.45) is 0.740. The van der Waals surface area contributed by atoms with Gasteiger partial charge in [-0.15, -0.1) is 21.5 Å². The number of methoxy groups -OCH3 is 1. The number of thiazole rings is 2. The topological polar surface area (TPSA) is 121 Å². The van der Waals surface area contributed by atoms with E-state index in [1.165, 1.54) is 18.4 Å². The van der Waals surface area contributed by atoms with E-state index in [-0.39, 0.29) is 18.1 Å². The zero-order valence-corrected chi connectivity index (χ0v) is 28.1. The van der Waals surface area contributed by atoms with Gasteiger partial charge in [0, 0.05) is 33.0 Å². The van der Waals surface area contributed by atoms with Crippen molar-refractivity contribution in [3.8, 4) is 0 Å². The van der Waals surface area contributed by atoms with E-state index in [9.17, 15) is 9.59 Å². The van der Waals surface area contributed by atoms with Gasteiger partial charge in [-0.3, -0.25) is 9.36 Å². The van der Waals surface area contributed by atoms with Crippen LogP contribution in [0.1, 0.15) is 35.8 Å². The summed E-state index contributed by atoms with van der Waals surface area (Å²) in [7, 11) is 0.109. The molecule has 0 spiro atoms. The molecule has 3 aromatic heterocycles. The van der Waals surface area contributed by atoms with Crippen molar-refractivity contribution in [1.29, 1.82) is 0 Å². The molecular formula is C29H38N6O5S2Si. The van der Waals surface area contributed by atoms with Crippen LogP contribution in [-0.2, 0) is 25.7 Å². The quantitative estimate of drug-likeness (QED) is 0.0917. The number of ether oxygens (including phenoxy) is 3. The Balaban J connectivity index is 1.64. The summed E-state index contributed by atoms with van der Waals surface area (Å²) in [5, 5.41) is 11.2. The molecule has 0 aliphatic carbocycles. The number of carbonyl (C=O) groups is 2. The van der Waals surface area contributed by atoms with E-state index < -0.39 is 14.0 Å². The summed E-state index contributed by atoms with van der Waals surface area (Å²) >= 11 is 2.86. The van der Waals surface area contributed by atoms with Crippen molar-refractivity contribution in [2.45, 2.75) is 59.1 Å². The summed E-state index contributed by atoms with van der Waals surface area (Å²) in [4.78, 5) is 36.0. The van der Waals surface area contributed by atoms with Gasteiger partial charge in [-0.05, 0) is 50.1 Å². The average molecular weight is 643 g/mol. The Labute approximate surface area is 260 Å². The van der Waals surface area contributed by atoms with E-state index in [0.29, 0.717) is 49.7 Å². The predicted octanol–water partition coefficient (Wildman–Crippen LogP) is 6.07. The Morgan fingerprint density at radius 2 is 1.95 bits per heavy atom. The van der Waals surface area contributed by atoms with Crippen molar-refractivity contribution in [3.05, 3.63) is 51.8 Å². The molecule has 0 bridgehead atoms. The van der Waals surface area contributed by atoms with Crippen LogP contribution in [0.3, 0.4) is 0 Å². The Hall–Kier alpha value is -3.46. The van der Waals surface area contributed by atoms with Crippen LogP contribution in [0.2, 0.25) is 25.7 Å². The third-order valence-corrected chi connectivity index (χ3v) is 10.0. The maximum Gasteiger partial charge on any atom is 0.357 e. The molecule has 3 heterocycles. The zero-order chi connectivity index (χ0) is 31.0. The first kappa shape index (κ1) is 32.5. The van der Waals surface area contributed by atoms with Gasteiger partial charge in [0.05, 0.1) is 23.9 Å². The molecule has 0 atom stereocenters. The van der Waals surface area contributed by atoms with Gasteiger partial charge in [-0.2, -0.15) is 4.99 Å².